The number of nitrogens with one attached hydrogen (secondary N) is 2. The smallest absolute Gasteiger partial charge is 0.261 e. The molecule has 1 saturated heterocycles. The molecule has 0 aliphatic carbocycles. The van der Waals surface area contributed by atoms with E-state index in [-0.39, 0.29) is 38.0 Å². The summed E-state index contributed by atoms with van der Waals surface area (Å²) in [5.41, 5.74) is 0.521. The van der Waals surface area contributed by atoms with Crippen LogP contribution in [0.4, 0.5) is 11.4 Å². The molecule has 3 aromatic carbocycles. The van der Waals surface area contributed by atoms with Crippen LogP contribution < -0.4 is 14.8 Å². The first-order valence-corrected chi connectivity index (χ1v) is 15.2. The maximum Gasteiger partial charge on any atom is 0.261 e. The van der Waals surface area contributed by atoms with Crippen molar-refractivity contribution in [3.63, 3.8) is 0 Å². The van der Waals surface area contributed by atoms with Crippen LogP contribution >= 0.6 is 23.2 Å². The summed E-state index contributed by atoms with van der Waals surface area (Å²) < 4.78 is 60.5. The molecule has 1 fully saturated rings. The molecule has 38 heavy (non-hydrogen) atoms. The van der Waals surface area contributed by atoms with E-state index in [1.807, 2.05) is 0 Å². The summed E-state index contributed by atoms with van der Waals surface area (Å²) in [5.74, 6) is -0.367. The predicted molar refractivity (Wildman–Crippen MR) is 147 cm³/mol. The number of piperidine rings is 1. The zero-order chi connectivity index (χ0) is 27.5. The minimum atomic E-state index is -3.96. The Hall–Kier alpha value is -2.83. The lowest BCUT2D eigenvalue weighted by Crippen LogP contribution is -2.43. The molecule has 13 heteroatoms. The van der Waals surface area contributed by atoms with E-state index in [2.05, 4.69) is 10.0 Å². The van der Waals surface area contributed by atoms with E-state index in [0.717, 1.165) is 0 Å². The maximum atomic E-state index is 13.1. The molecule has 1 aliphatic rings. The van der Waals surface area contributed by atoms with Crippen LogP contribution in [0.2, 0.25) is 10.0 Å². The molecule has 3 aromatic rings. The van der Waals surface area contributed by atoms with Gasteiger partial charge in [0.25, 0.3) is 10.0 Å². The highest BCUT2D eigenvalue weighted by Crippen LogP contribution is 2.31. The van der Waals surface area contributed by atoms with Gasteiger partial charge in [-0.1, -0.05) is 29.3 Å². The van der Waals surface area contributed by atoms with Gasteiger partial charge in [0, 0.05) is 18.8 Å². The number of hydrogen-bond donors (Lipinski definition) is 2. The number of methoxy groups -OCH3 is 1. The van der Waals surface area contributed by atoms with Crippen molar-refractivity contribution in [1.82, 2.24) is 4.31 Å². The molecule has 9 nitrogen and oxygen atoms in total. The summed E-state index contributed by atoms with van der Waals surface area (Å²) >= 11 is 12.0. The molecule has 4 rings (SSSR count). The second kappa shape index (κ2) is 11.5. The maximum absolute atomic E-state index is 13.1. The molecule has 2 N–H and O–H groups in total. The van der Waals surface area contributed by atoms with Crippen molar-refractivity contribution in [3.05, 3.63) is 76.8 Å². The standard InChI is InChI=1S/C25H25Cl2N3O6S2/c1-36-19-9-13-21(14-10-19)38(34,35)30-15-3-4-17(16-30)25(31)28-18-7-11-20(12-8-18)37(32,33)29-23-6-2-5-22(26)24(23)27/h2,5-14,17,29H,3-4,15-16H2,1H3,(H,28,31). The Balaban J connectivity index is 1.41. The third kappa shape index (κ3) is 6.24. The highest BCUT2D eigenvalue weighted by Gasteiger charge is 2.33. The van der Waals surface area contributed by atoms with Crippen LogP contribution in [0.1, 0.15) is 12.8 Å². The fourth-order valence-corrected chi connectivity index (χ4v) is 7.02. The Morgan fingerprint density at radius 1 is 0.947 bits per heavy atom. The number of halogens is 2. The molecule has 0 aromatic heterocycles. The van der Waals surface area contributed by atoms with E-state index < -0.39 is 26.0 Å². The van der Waals surface area contributed by atoms with Crippen LogP contribution in [-0.4, -0.2) is 47.2 Å². The van der Waals surface area contributed by atoms with Crippen LogP contribution in [0, 0.1) is 5.92 Å². The van der Waals surface area contributed by atoms with Crippen molar-refractivity contribution >= 4 is 60.5 Å². The largest absolute Gasteiger partial charge is 0.497 e. The lowest BCUT2D eigenvalue weighted by Gasteiger charge is -2.31. The summed E-state index contributed by atoms with van der Waals surface area (Å²) in [6.45, 7) is 0.352. The van der Waals surface area contributed by atoms with Gasteiger partial charge in [-0.25, -0.2) is 16.8 Å². The monoisotopic (exact) mass is 597 g/mol. The number of rotatable bonds is 8. The fraction of sp³-hybridized carbons (Fsp3) is 0.240. The summed E-state index contributed by atoms with van der Waals surface area (Å²) in [4.78, 5) is 13.0. The zero-order valence-electron chi connectivity index (χ0n) is 20.2. The molecule has 1 atom stereocenters. The number of benzene rings is 3. The Bertz CT molecular complexity index is 1530. The molecule has 1 unspecified atom stereocenters. The van der Waals surface area contributed by atoms with Crippen molar-refractivity contribution in [2.45, 2.75) is 22.6 Å². The Kier molecular flexibility index (Phi) is 8.53. The van der Waals surface area contributed by atoms with E-state index in [1.54, 1.807) is 24.3 Å². The Morgan fingerprint density at radius 3 is 2.26 bits per heavy atom. The topological polar surface area (TPSA) is 122 Å². The van der Waals surface area contributed by atoms with E-state index >= 15 is 0 Å². The van der Waals surface area contributed by atoms with Gasteiger partial charge in [-0.2, -0.15) is 4.31 Å². The number of ether oxygens (including phenoxy) is 1. The van der Waals surface area contributed by atoms with Crippen molar-refractivity contribution in [1.29, 1.82) is 0 Å². The van der Waals surface area contributed by atoms with E-state index in [1.165, 1.54) is 53.9 Å². The van der Waals surface area contributed by atoms with Crippen molar-refractivity contribution < 1.29 is 26.4 Å². The zero-order valence-corrected chi connectivity index (χ0v) is 23.4. The molecular weight excluding hydrogens is 573 g/mol. The molecule has 0 radical (unpaired) electrons. The molecule has 0 saturated carbocycles. The Morgan fingerprint density at radius 2 is 1.61 bits per heavy atom. The normalized spacial score (nSPS) is 16.6. The number of hydrogen-bond acceptors (Lipinski definition) is 6. The second-order valence-corrected chi connectivity index (χ2v) is 13.0. The van der Waals surface area contributed by atoms with Crippen LogP contribution in [-0.2, 0) is 24.8 Å². The van der Waals surface area contributed by atoms with Crippen LogP contribution in [0.3, 0.4) is 0 Å². The molecule has 0 bridgehead atoms. The molecule has 202 valence electrons. The molecule has 1 aliphatic heterocycles. The number of anilines is 2. The highest BCUT2D eigenvalue weighted by molar-refractivity contribution is 7.92. The minimum Gasteiger partial charge on any atom is -0.497 e. The van der Waals surface area contributed by atoms with Gasteiger partial charge in [0.15, 0.2) is 0 Å². The number of carbonyl (C=O) groups is 1. The average molecular weight is 599 g/mol. The third-order valence-electron chi connectivity index (χ3n) is 6.08. The second-order valence-electron chi connectivity index (χ2n) is 8.60. The van der Waals surface area contributed by atoms with E-state index in [0.29, 0.717) is 30.8 Å². The number of amides is 1. The van der Waals surface area contributed by atoms with Gasteiger partial charge in [-0.3, -0.25) is 9.52 Å². The third-order valence-corrected chi connectivity index (χ3v) is 10.2. The van der Waals surface area contributed by atoms with Gasteiger partial charge in [0.2, 0.25) is 15.9 Å². The van der Waals surface area contributed by atoms with Gasteiger partial charge >= 0.3 is 0 Å². The fourth-order valence-electron chi connectivity index (χ4n) is 4.02. The minimum absolute atomic E-state index is 0.0387. The lowest BCUT2D eigenvalue weighted by molar-refractivity contribution is -0.120. The summed E-state index contributed by atoms with van der Waals surface area (Å²) in [6, 6.07) is 16.3. The van der Waals surface area contributed by atoms with Crippen molar-refractivity contribution in [2.24, 2.45) is 5.92 Å². The first-order chi connectivity index (χ1) is 18.0. The first-order valence-electron chi connectivity index (χ1n) is 11.5. The molecule has 1 heterocycles. The van der Waals surface area contributed by atoms with Gasteiger partial charge < -0.3 is 10.1 Å². The molecule has 1 amide bonds. The van der Waals surface area contributed by atoms with Crippen LogP contribution in [0.5, 0.6) is 5.75 Å². The van der Waals surface area contributed by atoms with Gasteiger partial charge in [-0.05, 0) is 73.5 Å². The predicted octanol–water partition coefficient (Wildman–Crippen LogP) is 4.84. The Labute approximate surface area is 231 Å². The number of sulfonamides is 2. The summed E-state index contributed by atoms with van der Waals surface area (Å²) in [5, 5.41) is 3.04. The molecular formula is C25H25Cl2N3O6S2. The molecule has 0 spiro atoms. The van der Waals surface area contributed by atoms with Gasteiger partial charge in [0.1, 0.15) is 5.75 Å². The number of nitrogens with zero attached hydrogens (tertiary/aromatic N) is 1. The number of carbonyl (C=O) groups excluding carboxylic acids is 1. The van der Waals surface area contributed by atoms with E-state index in [9.17, 15) is 21.6 Å². The lowest BCUT2D eigenvalue weighted by atomic mass is 9.99. The summed E-state index contributed by atoms with van der Waals surface area (Å²) in [7, 11) is -6.24. The van der Waals surface area contributed by atoms with Crippen LogP contribution in [0.25, 0.3) is 0 Å². The first kappa shape index (κ1) is 28.2. The highest BCUT2D eigenvalue weighted by atomic mass is 35.5. The van der Waals surface area contributed by atoms with Gasteiger partial charge in [-0.15, -0.1) is 0 Å². The van der Waals surface area contributed by atoms with Crippen LogP contribution in [0.15, 0.2) is 76.5 Å². The van der Waals surface area contributed by atoms with Crippen molar-refractivity contribution in [3.8, 4) is 5.75 Å². The van der Waals surface area contributed by atoms with E-state index in [4.69, 9.17) is 27.9 Å². The quantitative estimate of drug-likeness (QED) is 0.383. The summed E-state index contributed by atoms with van der Waals surface area (Å²) in [6.07, 6.45) is 1.06. The van der Waals surface area contributed by atoms with Crippen molar-refractivity contribution in [2.75, 3.05) is 30.2 Å². The van der Waals surface area contributed by atoms with Gasteiger partial charge in [0.05, 0.1) is 38.6 Å². The average Bonchev–Trinajstić information content (AvgIpc) is 2.91. The SMILES string of the molecule is COc1ccc(S(=O)(=O)N2CCCC(C(=O)Nc3ccc(S(=O)(=O)Nc4cccc(Cl)c4Cl)cc3)C2)cc1.